The van der Waals surface area contributed by atoms with E-state index in [1.54, 1.807) is 0 Å². The van der Waals surface area contributed by atoms with Crippen LogP contribution < -0.4 is 5.73 Å². The Labute approximate surface area is 148 Å². The summed E-state index contributed by atoms with van der Waals surface area (Å²) in [6.45, 7) is 4.52. The van der Waals surface area contributed by atoms with Crippen molar-refractivity contribution in [3.05, 3.63) is 29.1 Å². The molecular weight excluding hydrogens is 292 g/mol. The van der Waals surface area contributed by atoms with Crippen molar-refractivity contribution in [2.75, 3.05) is 0 Å². The molecule has 0 spiro atoms. The third kappa shape index (κ3) is 4.20. The highest BCUT2D eigenvalue weighted by Crippen LogP contribution is 2.41. The van der Waals surface area contributed by atoms with Gasteiger partial charge in [0.15, 0.2) is 0 Å². The van der Waals surface area contributed by atoms with E-state index in [9.17, 15) is 0 Å². The SMILES string of the molecule is CCCCCCC1CCc2nc(C3CCC(N)(CC)C3)ccc2C1. The second kappa shape index (κ2) is 7.99. The first-order valence-corrected chi connectivity index (χ1v) is 10.4. The van der Waals surface area contributed by atoms with Crippen LogP contribution in [0.15, 0.2) is 12.1 Å². The molecular formula is C22H36N2. The average Bonchev–Trinajstić information content (AvgIpc) is 3.01. The Kier molecular flexibility index (Phi) is 5.97. The lowest BCUT2D eigenvalue weighted by Gasteiger charge is -2.25. The molecule has 0 aromatic carbocycles. The maximum absolute atomic E-state index is 6.48. The van der Waals surface area contributed by atoms with Crippen LogP contribution in [-0.2, 0) is 12.8 Å². The van der Waals surface area contributed by atoms with Crippen molar-refractivity contribution in [2.45, 2.75) is 102 Å². The molecule has 134 valence electrons. The van der Waals surface area contributed by atoms with E-state index in [4.69, 9.17) is 10.7 Å². The molecule has 1 heterocycles. The second-order valence-corrected chi connectivity index (χ2v) is 8.46. The molecule has 1 aromatic heterocycles. The van der Waals surface area contributed by atoms with Crippen molar-refractivity contribution in [3.63, 3.8) is 0 Å². The van der Waals surface area contributed by atoms with Crippen molar-refractivity contribution in [3.8, 4) is 0 Å². The number of rotatable bonds is 7. The highest BCUT2D eigenvalue weighted by atomic mass is 14.8. The maximum atomic E-state index is 6.48. The van der Waals surface area contributed by atoms with E-state index in [0.717, 1.165) is 25.2 Å². The number of aromatic nitrogens is 1. The fraction of sp³-hybridized carbons (Fsp3) is 0.773. The molecule has 3 rings (SSSR count). The molecule has 0 amide bonds. The lowest BCUT2D eigenvalue weighted by atomic mass is 9.83. The van der Waals surface area contributed by atoms with Gasteiger partial charge in [0.1, 0.15) is 0 Å². The molecule has 2 N–H and O–H groups in total. The minimum atomic E-state index is 0.0613. The van der Waals surface area contributed by atoms with Gasteiger partial charge in [-0.05, 0) is 62.5 Å². The molecule has 2 heteroatoms. The lowest BCUT2D eigenvalue weighted by Crippen LogP contribution is -2.35. The zero-order valence-electron chi connectivity index (χ0n) is 15.8. The van der Waals surface area contributed by atoms with E-state index in [1.165, 1.54) is 74.7 Å². The Morgan fingerprint density at radius 2 is 2.04 bits per heavy atom. The van der Waals surface area contributed by atoms with Gasteiger partial charge in [0.25, 0.3) is 0 Å². The summed E-state index contributed by atoms with van der Waals surface area (Å²) < 4.78 is 0. The highest BCUT2D eigenvalue weighted by molar-refractivity contribution is 5.28. The van der Waals surface area contributed by atoms with Gasteiger partial charge in [-0.3, -0.25) is 4.98 Å². The molecule has 2 nitrogen and oxygen atoms in total. The highest BCUT2D eigenvalue weighted by Gasteiger charge is 2.35. The van der Waals surface area contributed by atoms with Crippen LogP contribution in [0.4, 0.5) is 0 Å². The minimum absolute atomic E-state index is 0.0613. The maximum Gasteiger partial charge on any atom is 0.0439 e. The predicted molar refractivity (Wildman–Crippen MR) is 102 cm³/mol. The summed E-state index contributed by atoms with van der Waals surface area (Å²) >= 11 is 0. The van der Waals surface area contributed by atoms with Gasteiger partial charge in [-0.15, -0.1) is 0 Å². The van der Waals surface area contributed by atoms with Crippen molar-refractivity contribution in [2.24, 2.45) is 11.7 Å². The van der Waals surface area contributed by atoms with Crippen LogP contribution >= 0.6 is 0 Å². The van der Waals surface area contributed by atoms with Gasteiger partial charge >= 0.3 is 0 Å². The number of nitrogens with zero attached hydrogens (tertiary/aromatic N) is 1. The van der Waals surface area contributed by atoms with Crippen molar-refractivity contribution in [1.29, 1.82) is 0 Å². The summed E-state index contributed by atoms with van der Waals surface area (Å²) in [5.41, 5.74) is 10.8. The Balaban J connectivity index is 1.58. The molecule has 3 atom stereocenters. The summed E-state index contributed by atoms with van der Waals surface area (Å²) in [6, 6.07) is 4.70. The Hall–Kier alpha value is -0.890. The van der Waals surface area contributed by atoms with Crippen LogP contribution in [0.1, 0.15) is 101 Å². The second-order valence-electron chi connectivity index (χ2n) is 8.46. The Morgan fingerprint density at radius 1 is 1.17 bits per heavy atom. The molecule has 0 saturated heterocycles. The van der Waals surface area contributed by atoms with Gasteiger partial charge in [0, 0.05) is 22.8 Å². The Bertz CT molecular complexity index is 539. The molecule has 2 aliphatic rings. The van der Waals surface area contributed by atoms with E-state index in [1.807, 2.05) is 0 Å². The molecule has 1 saturated carbocycles. The topological polar surface area (TPSA) is 38.9 Å². The molecule has 2 aliphatic carbocycles. The van der Waals surface area contributed by atoms with Gasteiger partial charge in [-0.2, -0.15) is 0 Å². The number of fused-ring (bicyclic) bond motifs is 1. The first-order chi connectivity index (χ1) is 11.6. The predicted octanol–water partition coefficient (Wildman–Crippen LogP) is 5.53. The number of pyridine rings is 1. The summed E-state index contributed by atoms with van der Waals surface area (Å²) in [5, 5.41) is 0. The van der Waals surface area contributed by atoms with E-state index in [2.05, 4.69) is 26.0 Å². The fourth-order valence-corrected chi connectivity index (χ4v) is 4.77. The monoisotopic (exact) mass is 328 g/mol. The standard InChI is InChI=1S/C22H36N2/c1-3-5-6-7-8-17-9-11-20-18(15-17)10-12-21(24-20)19-13-14-22(23,4-2)16-19/h10,12,17,19H,3-9,11,13-16,23H2,1-2H3. The van der Waals surface area contributed by atoms with E-state index in [0.29, 0.717) is 5.92 Å². The molecule has 0 bridgehead atoms. The molecule has 0 radical (unpaired) electrons. The van der Waals surface area contributed by atoms with Crippen molar-refractivity contribution < 1.29 is 0 Å². The number of aryl methyl sites for hydroxylation is 1. The third-order valence-electron chi connectivity index (χ3n) is 6.62. The van der Waals surface area contributed by atoms with Gasteiger partial charge < -0.3 is 5.73 Å². The number of nitrogens with two attached hydrogens (primary N) is 1. The van der Waals surface area contributed by atoms with Crippen LogP contribution in [0, 0.1) is 5.92 Å². The zero-order chi connectivity index (χ0) is 17.0. The number of hydrogen-bond acceptors (Lipinski definition) is 2. The largest absolute Gasteiger partial charge is 0.325 e. The molecule has 0 aliphatic heterocycles. The van der Waals surface area contributed by atoms with Crippen LogP contribution in [0.2, 0.25) is 0 Å². The van der Waals surface area contributed by atoms with Crippen molar-refractivity contribution >= 4 is 0 Å². The van der Waals surface area contributed by atoms with Gasteiger partial charge in [-0.25, -0.2) is 0 Å². The van der Waals surface area contributed by atoms with E-state index >= 15 is 0 Å². The first-order valence-electron chi connectivity index (χ1n) is 10.4. The fourth-order valence-electron chi connectivity index (χ4n) is 4.77. The normalized spacial score (nSPS) is 29.6. The molecule has 1 aromatic rings. The van der Waals surface area contributed by atoms with Crippen molar-refractivity contribution in [1.82, 2.24) is 4.98 Å². The lowest BCUT2D eigenvalue weighted by molar-refractivity contribution is 0.400. The van der Waals surface area contributed by atoms with E-state index in [-0.39, 0.29) is 5.54 Å². The smallest absolute Gasteiger partial charge is 0.0439 e. The zero-order valence-corrected chi connectivity index (χ0v) is 15.8. The minimum Gasteiger partial charge on any atom is -0.325 e. The molecule has 1 fully saturated rings. The quantitative estimate of drug-likeness (QED) is 0.668. The van der Waals surface area contributed by atoms with Gasteiger partial charge in [-0.1, -0.05) is 52.0 Å². The number of unbranched alkanes of at least 4 members (excludes halogenated alkanes) is 3. The van der Waals surface area contributed by atoms with Crippen LogP contribution in [0.5, 0.6) is 0 Å². The van der Waals surface area contributed by atoms with E-state index < -0.39 is 0 Å². The third-order valence-corrected chi connectivity index (χ3v) is 6.62. The average molecular weight is 329 g/mol. The Morgan fingerprint density at radius 3 is 2.79 bits per heavy atom. The van der Waals surface area contributed by atoms with Gasteiger partial charge in [0.2, 0.25) is 0 Å². The summed E-state index contributed by atoms with van der Waals surface area (Å²) in [6.07, 6.45) is 15.4. The van der Waals surface area contributed by atoms with Crippen LogP contribution in [-0.4, -0.2) is 10.5 Å². The summed E-state index contributed by atoms with van der Waals surface area (Å²) in [4.78, 5) is 5.08. The summed E-state index contributed by atoms with van der Waals surface area (Å²) in [5.74, 6) is 1.48. The van der Waals surface area contributed by atoms with Gasteiger partial charge in [0.05, 0.1) is 0 Å². The molecule has 3 unspecified atom stereocenters. The number of hydrogen-bond donors (Lipinski definition) is 1. The van der Waals surface area contributed by atoms with Crippen LogP contribution in [0.3, 0.4) is 0 Å². The summed E-state index contributed by atoms with van der Waals surface area (Å²) in [7, 11) is 0. The first kappa shape index (κ1) is 17.9. The molecule has 24 heavy (non-hydrogen) atoms. The van der Waals surface area contributed by atoms with Crippen LogP contribution in [0.25, 0.3) is 0 Å².